The molecule has 2 heterocycles. The van der Waals surface area contributed by atoms with Crippen molar-refractivity contribution in [3.63, 3.8) is 0 Å². The quantitative estimate of drug-likeness (QED) is 0.382. The Hall–Kier alpha value is -1.48. The molecule has 0 bridgehead atoms. The second-order valence-electron chi connectivity index (χ2n) is 7.43. The summed E-state index contributed by atoms with van der Waals surface area (Å²) in [6.07, 6.45) is 5.19. The van der Waals surface area contributed by atoms with Gasteiger partial charge >= 0.3 is 5.97 Å². The number of aryl methyl sites for hydroxylation is 1. The standard InChI is InChI=1S/C20H31N3O4S/c1-2-27-20(25)18-15-6-3-4-7-16(15)28-19(18)22-17(24)14-21-8-5-9-23-10-12-26-13-11-23/h21H,2-14H2,1H3,(H,22,24)/p+2. The Balaban J connectivity index is 1.47. The highest BCUT2D eigenvalue weighted by atomic mass is 32.1. The van der Waals surface area contributed by atoms with Crippen LogP contribution in [0.15, 0.2) is 0 Å². The Kier molecular flexibility index (Phi) is 8.27. The number of nitrogens with one attached hydrogen (secondary N) is 2. The van der Waals surface area contributed by atoms with E-state index in [9.17, 15) is 9.59 Å². The maximum Gasteiger partial charge on any atom is 0.341 e. The summed E-state index contributed by atoms with van der Waals surface area (Å²) in [5.41, 5.74) is 1.67. The number of quaternary nitrogens is 2. The summed E-state index contributed by atoms with van der Waals surface area (Å²) in [6.45, 7) is 8.47. The molecule has 1 saturated heterocycles. The number of thiophene rings is 1. The van der Waals surface area contributed by atoms with Crippen molar-refractivity contribution in [1.29, 1.82) is 0 Å². The van der Waals surface area contributed by atoms with Crippen molar-refractivity contribution in [1.82, 2.24) is 0 Å². The van der Waals surface area contributed by atoms with E-state index in [2.05, 4.69) is 5.32 Å². The van der Waals surface area contributed by atoms with Crippen molar-refractivity contribution in [2.24, 2.45) is 0 Å². The molecular formula is C20H33N3O4S+2. The molecule has 0 aromatic carbocycles. The summed E-state index contributed by atoms with van der Waals surface area (Å²) in [5.74, 6) is -0.363. The zero-order valence-corrected chi connectivity index (χ0v) is 17.6. The first-order chi connectivity index (χ1) is 13.7. The average Bonchev–Trinajstić information content (AvgIpc) is 3.06. The van der Waals surface area contributed by atoms with E-state index in [4.69, 9.17) is 9.47 Å². The number of hydrogen-bond donors (Lipinski definition) is 3. The second kappa shape index (κ2) is 10.9. The van der Waals surface area contributed by atoms with Crippen LogP contribution in [0.1, 0.15) is 47.0 Å². The van der Waals surface area contributed by atoms with Crippen LogP contribution in [0.5, 0.6) is 0 Å². The molecule has 156 valence electrons. The lowest BCUT2D eigenvalue weighted by atomic mass is 9.95. The Morgan fingerprint density at radius 1 is 1.25 bits per heavy atom. The molecule has 0 saturated carbocycles. The normalized spacial score (nSPS) is 17.2. The average molecular weight is 412 g/mol. The topological polar surface area (TPSA) is 85.7 Å². The molecule has 1 fully saturated rings. The van der Waals surface area contributed by atoms with E-state index < -0.39 is 0 Å². The number of ether oxygens (including phenoxy) is 2. The first kappa shape index (κ1) is 21.2. The van der Waals surface area contributed by atoms with Gasteiger partial charge in [0.25, 0.3) is 5.91 Å². The maximum absolute atomic E-state index is 12.4. The zero-order chi connectivity index (χ0) is 19.8. The summed E-state index contributed by atoms with van der Waals surface area (Å²) >= 11 is 1.55. The van der Waals surface area contributed by atoms with Crippen LogP contribution in [0.2, 0.25) is 0 Å². The van der Waals surface area contributed by atoms with Gasteiger partial charge in [-0.2, -0.15) is 0 Å². The van der Waals surface area contributed by atoms with E-state index in [0.717, 1.165) is 77.1 Å². The van der Waals surface area contributed by atoms with Gasteiger partial charge in [0.15, 0.2) is 6.54 Å². The van der Waals surface area contributed by atoms with Crippen LogP contribution in [0.3, 0.4) is 0 Å². The fraction of sp³-hybridized carbons (Fsp3) is 0.700. The van der Waals surface area contributed by atoms with Crippen molar-refractivity contribution in [3.05, 3.63) is 16.0 Å². The molecular weight excluding hydrogens is 378 g/mol. The van der Waals surface area contributed by atoms with Crippen LogP contribution in [0, 0.1) is 0 Å². The van der Waals surface area contributed by atoms with Crippen molar-refractivity contribution in [2.75, 3.05) is 57.9 Å². The van der Waals surface area contributed by atoms with Crippen LogP contribution in [0.4, 0.5) is 5.00 Å². The molecule has 0 spiro atoms. The van der Waals surface area contributed by atoms with E-state index in [1.165, 1.54) is 4.88 Å². The van der Waals surface area contributed by atoms with Gasteiger partial charge < -0.3 is 25.0 Å². The number of hydrogen-bond acceptors (Lipinski definition) is 5. The molecule has 0 radical (unpaired) electrons. The SMILES string of the molecule is CCOC(=O)c1c(NC(=O)C[NH2+]CCC[NH+]2CCOCC2)sc2c1CCCC2. The number of carbonyl (C=O) groups excluding carboxylic acids is 2. The predicted octanol–water partition coefficient (Wildman–Crippen LogP) is -0.389. The minimum Gasteiger partial charge on any atom is -0.462 e. The summed E-state index contributed by atoms with van der Waals surface area (Å²) < 4.78 is 10.6. The molecule has 1 aliphatic heterocycles. The number of anilines is 1. The number of morpholine rings is 1. The van der Waals surface area contributed by atoms with Crippen molar-refractivity contribution in [3.8, 4) is 0 Å². The fourth-order valence-corrected chi connectivity index (χ4v) is 5.18. The monoisotopic (exact) mass is 411 g/mol. The number of carbonyl (C=O) groups is 2. The van der Waals surface area contributed by atoms with Gasteiger partial charge in [-0.05, 0) is 38.2 Å². The van der Waals surface area contributed by atoms with Crippen molar-refractivity contribution >= 4 is 28.2 Å². The first-order valence-corrected chi connectivity index (χ1v) is 11.3. The van der Waals surface area contributed by atoms with Gasteiger partial charge in [0, 0.05) is 11.3 Å². The van der Waals surface area contributed by atoms with Crippen LogP contribution in [0.25, 0.3) is 0 Å². The van der Waals surface area contributed by atoms with Gasteiger partial charge in [-0.3, -0.25) is 4.79 Å². The lowest BCUT2D eigenvalue weighted by Gasteiger charge is -2.23. The minimum atomic E-state index is -0.310. The smallest absolute Gasteiger partial charge is 0.341 e. The second-order valence-corrected chi connectivity index (χ2v) is 8.54. The molecule has 1 aromatic heterocycles. The highest BCUT2D eigenvalue weighted by Crippen LogP contribution is 2.38. The number of fused-ring (bicyclic) bond motifs is 1. The largest absolute Gasteiger partial charge is 0.462 e. The molecule has 4 N–H and O–H groups in total. The molecule has 0 atom stereocenters. The summed E-state index contributed by atoms with van der Waals surface area (Å²) in [7, 11) is 0. The Morgan fingerprint density at radius 3 is 2.82 bits per heavy atom. The summed E-state index contributed by atoms with van der Waals surface area (Å²) in [4.78, 5) is 27.7. The minimum absolute atomic E-state index is 0.0529. The number of nitrogens with two attached hydrogens (primary N) is 1. The number of esters is 1. The Bertz CT molecular complexity index is 671. The van der Waals surface area contributed by atoms with Crippen molar-refractivity contribution < 1.29 is 29.3 Å². The van der Waals surface area contributed by atoms with Gasteiger partial charge in [0.2, 0.25) is 0 Å². The highest BCUT2D eigenvalue weighted by molar-refractivity contribution is 7.17. The Labute approximate surface area is 170 Å². The van der Waals surface area contributed by atoms with Crippen LogP contribution in [-0.2, 0) is 27.1 Å². The lowest BCUT2D eigenvalue weighted by Crippen LogP contribution is -3.14. The fourth-order valence-electron chi connectivity index (χ4n) is 3.89. The van der Waals surface area contributed by atoms with E-state index >= 15 is 0 Å². The third kappa shape index (κ3) is 5.76. The molecule has 1 aromatic rings. The van der Waals surface area contributed by atoms with Gasteiger partial charge in [-0.1, -0.05) is 0 Å². The summed E-state index contributed by atoms with van der Waals surface area (Å²) in [5, 5.41) is 5.69. The molecule has 3 rings (SSSR count). The van der Waals surface area contributed by atoms with E-state index in [1.54, 1.807) is 16.2 Å². The van der Waals surface area contributed by atoms with Crippen LogP contribution < -0.4 is 15.5 Å². The molecule has 1 aliphatic carbocycles. The van der Waals surface area contributed by atoms with Gasteiger partial charge in [0.1, 0.15) is 18.1 Å². The molecule has 1 amide bonds. The van der Waals surface area contributed by atoms with Gasteiger partial charge in [0.05, 0.1) is 38.5 Å². The number of amides is 1. The summed E-state index contributed by atoms with van der Waals surface area (Å²) in [6, 6.07) is 0. The predicted molar refractivity (Wildman–Crippen MR) is 108 cm³/mol. The van der Waals surface area contributed by atoms with Gasteiger partial charge in [-0.15, -0.1) is 11.3 Å². The Morgan fingerprint density at radius 2 is 2.04 bits per heavy atom. The van der Waals surface area contributed by atoms with E-state index in [0.29, 0.717) is 23.7 Å². The molecule has 2 aliphatic rings. The number of rotatable bonds is 9. The zero-order valence-electron chi connectivity index (χ0n) is 16.8. The molecule has 28 heavy (non-hydrogen) atoms. The molecule has 7 nitrogen and oxygen atoms in total. The van der Waals surface area contributed by atoms with Gasteiger partial charge in [-0.25, -0.2) is 4.79 Å². The molecule has 8 heteroatoms. The third-order valence-corrected chi connectivity index (χ3v) is 6.58. The van der Waals surface area contributed by atoms with E-state index in [1.807, 2.05) is 12.2 Å². The third-order valence-electron chi connectivity index (χ3n) is 5.37. The van der Waals surface area contributed by atoms with Crippen LogP contribution >= 0.6 is 11.3 Å². The first-order valence-electron chi connectivity index (χ1n) is 10.5. The van der Waals surface area contributed by atoms with Crippen molar-refractivity contribution in [2.45, 2.75) is 39.0 Å². The van der Waals surface area contributed by atoms with Crippen LogP contribution in [-0.4, -0.2) is 64.4 Å². The maximum atomic E-state index is 12.4. The lowest BCUT2D eigenvalue weighted by molar-refractivity contribution is -0.909. The van der Waals surface area contributed by atoms with E-state index in [-0.39, 0.29) is 11.9 Å². The molecule has 0 unspecified atom stereocenters. The highest BCUT2D eigenvalue weighted by Gasteiger charge is 2.27.